The first-order valence-electron chi connectivity index (χ1n) is 6.81. The first-order valence-corrected chi connectivity index (χ1v) is 7.34. The van der Waals surface area contributed by atoms with E-state index < -0.39 is 0 Å². The number of rotatable bonds is 2. The van der Waals surface area contributed by atoms with Crippen molar-refractivity contribution in [1.29, 1.82) is 0 Å². The summed E-state index contributed by atoms with van der Waals surface area (Å²) >= 11 is 5.91. The SMILES string of the molecule is Cc1nc(N2CCN(C)c3ccccc32)ccc1CCl. The summed E-state index contributed by atoms with van der Waals surface area (Å²) in [5.41, 5.74) is 4.57. The number of hydrogen-bond acceptors (Lipinski definition) is 3. The maximum absolute atomic E-state index is 5.91. The molecule has 2 aromatic rings. The highest BCUT2D eigenvalue weighted by Crippen LogP contribution is 2.36. The summed E-state index contributed by atoms with van der Waals surface area (Å²) < 4.78 is 0. The quantitative estimate of drug-likeness (QED) is 0.785. The normalized spacial score (nSPS) is 14.3. The molecular formula is C16H18ClN3. The van der Waals surface area contributed by atoms with Crippen LogP contribution in [0.15, 0.2) is 36.4 Å². The zero-order chi connectivity index (χ0) is 14.1. The highest BCUT2D eigenvalue weighted by Gasteiger charge is 2.21. The molecule has 0 fully saturated rings. The first kappa shape index (κ1) is 13.3. The summed E-state index contributed by atoms with van der Waals surface area (Å²) in [4.78, 5) is 9.28. The van der Waals surface area contributed by atoms with Crippen molar-refractivity contribution in [2.45, 2.75) is 12.8 Å². The standard InChI is InChI=1S/C16H18ClN3/c1-12-13(11-17)7-8-16(18-12)20-10-9-19(2)14-5-3-4-6-15(14)20/h3-8H,9-11H2,1-2H3. The van der Waals surface area contributed by atoms with Gasteiger partial charge in [-0.05, 0) is 30.7 Å². The molecule has 1 aromatic carbocycles. The van der Waals surface area contributed by atoms with E-state index in [0.29, 0.717) is 5.88 Å². The van der Waals surface area contributed by atoms with E-state index in [1.165, 1.54) is 11.4 Å². The van der Waals surface area contributed by atoms with Gasteiger partial charge < -0.3 is 9.80 Å². The van der Waals surface area contributed by atoms with Crippen LogP contribution in [-0.2, 0) is 5.88 Å². The van der Waals surface area contributed by atoms with Gasteiger partial charge in [-0.2, -0.15) is 0 Å². The molecule has 0 N–H and O–H groups in total. The molecule has 3 nitrogen and oxygen atoms in total. The van der Waals surface area contributed by atoms with Crippen LogP contribution in [0.2, 0.25) is 0 Å². The van der Waals surface area contributed by atoms with E-state index >= 15 is 0 Å². The molecule has 0 bridgehead atoms. The Bertz CT molecular complexity index is 627. The van der Waals surface area contributed by atoms with Crippen molar-refractivity contribution in [3.63, 3.8) is 0 Å². The van der Waals surface area contributed by atoms with Crippen LogP contribution in [0.5, 0.6) is 0 Å². The maximum Gasteiger partial charge on any atom is 0.133 e. The third-order valence-corrected chi connectivity index (χ3v) is 4.13. The number of anilines is 3. The molecule has 0 amide bonds. The monoisotopic (exact) mass is 287 g/mol. The van der Waals surface area contributed by atoms with E-state index in [-0.39, 0.29) is 0 Å². The van der Waals surface area contributed by atoms with E-state index in [1.54, 1.807) is 0 Å². The molecule has 0 saturated heterocycles. The number of para-hydroxylation sites is 2. The largest absolute Gasteiger partial charge is 0.371 e. The number of pyridine rings is 1. The second-order valence-corrected chi connectivity index (χ2v) is 5.38. The van der Waals surface area contributed by atoms with Crippen molar-refractivity contribution in [2.24, 2.45) is 0 Å². The lowest BCUT2D eigenvalue weighted by molar-refractivity contribution is 0.811. The minimum atomic E-state index is 0.512. The van der Waals surface area contributed by atoms with E-state index in [4.69, 9.17) is 16.6 Å². The fourth-order valence-electron chi connectivity index (χ4n) is 2.61. The number of nitrogens with zero attached hydrogens (tertiary/aromatic N) is 3. The molecular weight excluding hydrogens is 270 g/mol. The maximum atomic E-state index is 5.91. The van der Waals surface area contributed by atoms with E-state index in [0.717, 1.165) is 30.2 Å². The van der Waals surface area contributed by atoms with Gasteiger partial charge >= 0.3 is 0 Å². The molecule has 0 atom stereocenters. The second kappa shape index (κ2) is 5.33. The lowest BCUT2D eigenvalue weighted by Gasteiger charge is -2.36. The molecule has 1 aromatic heterocycles. The van der Waals surface area contributed by atoms with Gasteiger partial charge in [-0.25, -0.2) is 4.98 Å². The fourth-order valence-corrected chi connectivity index (χ4v) is 2.89. The van der Waals surface area contributed by atoms with Crippen LogP contribution < -0.4 is 9.80 Å². The van der Waals surface area contributed by atoms with Crippen LogP contribution in [0.1, 0.15) is 11.3 Å². The Labute approximate surface area is 124 Å². The average molecular weight is 288 g/mol. The molecule has 2 heterocycles. The van der Waals surface area contributed by atoms with Gasteiger partial charge in [0, 0.05) is 31.7 Å². The van der Waals surface area contributed by atoms with E-state index in [1.807, 2.05) is 6.92 Å². The molecule has 0 spiro atoms. The number of likely N-dealkylation sites (N-methyl/N-ethyl adjacent to an activating group) is 1. The van der Waals surface area contributed by atoms with E-state index in [9.17, 15) is 0 Å². The van der Waals surface area contributed by atoms with Gasteiger partial charge in [0.2, 0.25) is 0 Å². The average Bonchev–Trinajstić information content (AvgIpc) is 2.48. The van der Waals surface area contributed by atoms with Gasteiger partial charge in [-0.15, -0.1) is 11.6 Å². The molecule has 0 saturated carbocycles. The Morgan fingerprint density at radius 2 is 1.85 bits per heavy atom. The number of benzene rings is 1. The molecule has 20 heavy (non-hydrogen) atoms. The van der Waals surface area contributed by atoms with E-state index in [2.05, 4.69) is 53.2 Å². The summed E-state index contributed by atoms with van der Waals surface area (Å²) in [5, 5.41) is 0. The number of aryl methyl sites for hydroxylation is 1. The summed E-state index contributed by atoms with van der Waals surface area (Å²) in [5.74, 6) is 1.51. The lowest BCUT2D eigenvalue weighted by Crippen LogP contribution is -2.36. The van der Waals surface area contributed by atoms with Crippen molar-refractivity contribution in [1.82, 2.24) is 4.98 Å². The molecule has 4 heteroatoms. The van der Waals surface area contributed by atoms with Crippen LogP contribution in [0.25, 0.3) is 0 Å². The van der Waals surface area contributed by atoms with Crippen LogP contribution in [0.3, 0.4) is 0 Å². The zero-order valence-electron chi connectivity index (χ0n) is 11.8. The number of aromatic nitrogens is 1. The predicted molar refractivity (Wildman–Crippen MR) is 85.2 cm³/mol. The van der Waals surface area contributed by atoms with Gasteiger partial charge in [0.1, 0.15) is 5.82 Å². The molecule has 0 unspecified atom stereocenters. The number of halogens is 1. The van der Waals surface area contributed by atoms with Crippen LogP contribution in [-0.4, -0.2) is 25.1 Å². The highest BCUT2D eigenvalue weighted by molar-refractivity contribution is 6.17. The summed E-state index contributed by atoms with van der Waals surface area (Å²) in [6.07, 6.45) is 0. The highest BCUT2D eigenvalue weighted by atomic mass is 35.5. The number of fused-ring (bicyclic) bond motifs is 1. The molecule has 0 aliphatic carbocycles. The topological polar surface area (TPSA) is 19.4 Å². The van der Waals surface area contributed by atoms with Crippen molar-refractivity contribution in [2.75, 3.05) is 29.9 Å². The Morgan fingerprint density at radius 3 is 2.55 bits per heavy atom. The number of alkyl halides is 1. The predicted octanol–water partition coefficient (Wildman–Crippen LogP) is 3.72. The van der Waals surface area contributed by atoms with Gasteiger partial charge in [-0.3, -0.25) is 0 Å². The molecule has 0 radical (unpaired) electrons. The Morgan fingerprint density at radius 1 is 1.10 bits per heavy atom. The fraction of sp³-hybridized carbons (Fsp3) is 0.312. The third-order valence-electron chi connectivity index (χ3n) is 3.84. The minimum Gasteiger partial charge on any atom is -0.371 e. The van der Waals surface area contributed by atoms with Gasteiger partial charge in [0.15, 0.2) is 0 Å². The molecule has 1 aliphatic heterocycles. The second-order valence-electron chi connectivity index (χ2n) is 5.11. The Kier molecular flexibility index (Phi) is 3.53. The minimum absolute atomic E-state index is 0.512. The number of hydrogen-bond donors (Lipinski definition) is 0. The van der Waals surface area contributed by atoms with Crippen LogP contribution in [0.4, 0.5) is 17.2 Å². The van der Waals surface area contributed by atoms with Crippen LogP contribution >= 0.6 is 11.6 Å². The summed E-state index contributed by atoms with van der Waals surface area (Å²) in [6, 6.07) is 12.6. The lowest BCUT2D eigenvalue weighted by atomic mass is 10.1. The molecule has 104 valence electrons. The van der Waals surface area contributed by atoms with Crippen molar-refractivity contribution < 1.29 is 0 Å². The van der Waals surface area contributed by atoms with Crippen molar-refractivity contribution >= 4 is 28.8 Å². The third kappa shape index (κ3) is 2.22. The van der Waals surface area contributed by atoms with Crippen LogP contribution in [0, 0.1) is 6.92 Å². The van der Waals surface area contributed by atoms with Gasteiger partial charge in [0.25, 0.3) is 0 Å². The van der Waals surface area contributed by atoms with Crippen molar-refractivity contribution in [3.05, 3.63) is 47.7 Å². The summed E-state index contributed by atoms with van der Waals surface area (Å²) in [7, 11) is 2.13. The van der Waals surface area contributed by atoms with Gasteiger partial charge in [0.05, 0.1) is 11.4 Å². The van der Waals surface area contributed by atoms with Gasteiger partial charge in [-0.1, -0.05) is 18.2 Å². The molecule has 3 rings (SSSR count). The zero-order valence-corrected chi connectivity index (χ0v) is 12.6. The summed E-state index contributed by atoms with van der Waals surface area (Å²) in [6.45, 7) is 3.96. The Hall–Kier alpha value is -1.74. The van der Waals surface area contributed by atoms with Crippen molar-refractivity contribution in [3.8, 4) is 0 Å². The smallest absolute Gasteiger partial charge is 0.133 e. The molecule has 1 aliphatic rings. The first-order chi connectivity index (χ1) is 9.70. The Balaban J connectivity index is 2.03.